The van der Waals surface area contributed by atoms with E-state index in [1.165, 1.54) is 12.1 Å². The summed E-state index contributed by atoms with van der Waals surface area (Å²) in [6.45, 7) is 3.71. The van der Waals surface area contributed by atoms with E-state index >= 15 is 0 Å². The number of rotatable bonds is 3. The molecule has 1 heterocycles. The molecule has 1 aliphatic rings. The number of fused-ring (bicyclic) bond motifs is 1. The average molecular weight is 366 g/mol. The van der Waals surface area contributed by atoms with Crippen molar-refractivity contribution in [2.75, 3.05) is 6.61 Å². The highest BCUT2D eigenvalue weighted by Gasteiger charge is 2.44. The molecule has 0 aliphatic carbocycles. The van der Waals surface area contributed by atoms with Crippen LogP contribution < -0.4 is 4.72 Å². The van der Waals surface area contributed by atoms with Crippen LogP contribution in [0.1, 0.15) is 35.3 Å². The fourth-order valence-corrected chi connectivity index (χ4v) is 4.75. The van der Waals surface area contributed by atoms with Crippen LogP contribution in [0.3, 0.4) is 0 Å². The minimum atomic E-state index is -3.67. The number of ether oxygens (including phenoxy) is 1. The molecule has 0 unspecified atom stereocenters. The number of carbonyl (C=O) groups excluding carboxylic acids is 1. The molecule has 3 rings (SSSR count). The predicted molar refractivity (Wildman–Crippen MR) is 90.6 cm³/mol. The minimum Gasteiger partial charge on any atom is -0.462 e. The monoisotopic (exact) mass is 365 g/mol. The second-order valence-corrected chi connectivity index (χ2v) is 7.76. The molecular weight excluding hydrogens is 350 g/mol. The molecule has 2 aromatic carbocycles. The van der Waals surface area contributed by atoms with E-state index in [1.54, 1.807) is 44.2 Å². The van der Waals surface area contributed by atoms with Crippen LogP contribution in [0.25, 0.3) is 0 Å². The first-order valence-electron chi connectivity index (χ1n) is 7.39. The van der Waals surface area contributed by atoms with Gasteiger partial charge in [-0.05, 0) is 55.3 Å². The summed E-state index contributed by atoms with van der Waals surface area (Å²) in [6, 6.07) is 11.4. The fraction of sp³-hybridized carbons (Fsp3) is 0.235. The lowest BCUT2D eigenvalue weighted by Crippen LogP contribution is -2.37. The third kappa shape index (κ3) is 2.70. The van der Waals surface area contributed by atoms with Gasteiger partial charge >= 0.3 is 5.97 Å². The summed E-state index contributed by atoms with van der Waals surface area (Å²) in [6.07, 6.45) is 0. The number of nitrogens with one attached hydrogen (secondary N) is 1. The normalized spacial score (nSPS) is 21.3. The number of hydrogen-bond donors (Lipinski definition) is 1. The standard InChI is InChI=1S/C17H16ClNO4S/c1-3-23-16(20)11-7-8-15-14(9-11)17(2,19-24(15,21)22)12-5-4-6-13(18)10-12/h4-10,19H,3H2,1-2H3/t17-/m1/s1. The molecule has 0 aromatic heterocycles. The van der Waals surface area contributed by atoms with Crippen molar-refractivity contribution in [3.8, 4) is 0 Å². The zero-order chi connectivity index (χ0) is 17.5. The lowest BCUT2D eigenvalue weighted by atomic mass is 9.85. The van der Waals surface area contributed by atoms with Crippen molar-refractivity contribution >= 4 is 27.6 Å². The van der Waals surface area contributed by atoms with Crippen LogP contribution >= 0.6 is 11.6 Å². The number of sulfonamides is 1. The maximum absolute atomic E-state index is 12.5. The van der Waals surface area contributed by atoms with E-state index in [2.05, 4.69) is 4.72 Å². The summed E-state index contributed by atoms with van der Waals surface area (Å²) in [5, 5.41) is 0.503. The second-order valence-electron chi connectivity index (χ2n) is 5.67. The van der Waals surface area contributed by atoms with Crippen LogP contribution in [0, 0.1) is 0 Å². The van der Waals surface area contributed by atoms with Gasteiger partial charge in [0.1, 0.15) is 0 Å². The van der Waals surface area contributed by atoms with Crippen LogP contribution in [0.5, 0.6) is 0 Å². The first-order valence-corrected chi connectivity index (χ1v) is 9.26. The Hall–Kier alpha value is -1.89. The van der Waals surface area contributed by atoms with Crippen molar-refractivity contribution < 1.29 is 17.9 Å². The summed E-state index contributed by atoms with van der Waals surface area (Å²) >= 11 is 6.06. The minimum absolute atomic E-state index is 0.151. The molecule has 0 fully saturated rings. The van der Waals surface area contributed by atoms with Gasteiger partial charge in [-0.3, -0.25) is 0 Å². The molecule has 24 heavy (non-hydrogen) atoms. The van der Waals surface area contributed by atoms with Gasteiger partial charge in [0.25, 0.3) is 0 Å². The third-order valence-corrected chi connectivity index (χ3v) is 5.91. The quantitative estimate of drug-likeness (QED) is 0.848. The fourth-order valence-electron chi connectivity index (χ4n) is 2.89. The van der Waals surface area contributed by atoms with Gasteiger partial charge in [-0.2, -0.15) is 4.72 Å². The van der Waals surface area contributed by atoms with E-state index in [4.69, 9.17) is 16.3 Å². The highest BCUT2D eigenvalue weighted by atomic mass is 35.5. The van der Waals surface area contributed by atoms with Gasteiger partial charge in [0.05, 0.1) is 22.6 Å². The average Bonchev–Trinajstić information content (AvgIpc) is 2.75. The van der Waals surface area contributed by atoms with Crippen molar-refractivity contribution in [2.24, 2.45) is 0 Å². The Morgan fingerprint density at radius 3 is 2.67 bits per heavy atom. The van der Waals surface area contributed by atoms with E-state index < -0.39 is 21.5 Å². The molecule has 0 amide bonds. The molecule has 1 atom stereocenters. The van der Waals surface area contributed by atoms with Gasteiger partial charge in [0.2, 0.25) is 10.0 Å². The number of halogens is 1. The van der Waals surface area contributed by atoms with E-state index in [0.29, 0.717) is 21.7 Å². The first kappa shape index (κ1) is 17.0. The van der Waals surface area contributed by atoms with Crippen LogP contribution in [0.2, 0.25) is 5.02 Å². The second kappa shape index (κ2) is 5.88. The SMILES string of the molecule is CCOC(=O)c1ccc2c(c1)[C@@](C)(c1cccc(Cl)c1)NS2(=O)=O. The first-order chi connectivity index (χ1) is 11.3. The highest BCUT2D eigenvalue weighted by molar-refractivity contribution is 7.89. The molecule has 5 nitrogen and oxygen atoms in total. The van der Waals surface area contributed by atoms with Gasteiger partial charge in [0.15, 0.2) is 0 Å². The molecule has 0 radical (unpaired) electrons. The van der Waals surface area contributed by atoms with Crippen LogP contribution in [-0.2, 0) is 20.3 Å². The number of hydrogen-bond acceptors (Lipinski definition) is 4. The van der Waals surface area contributed by atoms with Crippen LogP contribution in [0.4, 0.5) is 0 Å². The van der Waals surface area contributed by atoms with Crippen molar-refractivity contribution in [1.82, 2.24) is 4.72 Å². The predicted octanol–water partition coefficient (Wildman–Crippen LogP) is 3.07. The van der Waals surface area contributed by atoms with Gasteiger partial charge in [-0.15, -0.1) is 0 Å². The summed E-state index contributed by atoms with van der Waals surface area (Å²) in [5.74, 6) is -0.488. The molecular formula is C17H16ClNO4S. The molecule has 1 N–H and O–H groups in total. The highest BCUT2D eigenvalue weighted by Crippen LogP contribution is 2.41. The Morgan fingerprint density at radius 1 is 1.25 bits per heavy atom. The van der Waals surface area contributed by atoms with Crippen LogP contribution in [0.15, 0.2) is 47.4 Å². The van der Waals surface area contributed by atoms with E-state index in [-0.39, 0.29) is 11.5 Å². The number of carbonyl (C=O) groups is 1. The zero-order valence-corrected chi connectivity index (χ0v) is 14.7. The number of esters is 1. The molecule has 2 aromatic rings. The Labute approximate surface area is 145 Å². The molecule has 1 aliphatic heterocycles. The largest absolute Gasteiger partial charge is 0.462 e. The van der Waals surface area contributed by atoms with Crippen LogP contribution in [-0.4, -0.2) is 21.0 Å². The molecule has 0 saturated carbocycles. The van der Waals surface area contributed by atoms with Gasteiger partial charge in [-0.25, -0.2) is 13.2 Å². The summed E-state index contributed by atoms with van der Waals surface area (Å²) in [4.78, 5) is 12.1. The Morgan fingerprint density at radius 2 is 2.00 bits per heavy atom. The van der Waals surface area contributed by atoms with Gasteiger partial charge in [-0.1, -0.05) is 23.7 Å². The van der Waals surface area contributed by atoms with E-state index in [9.17, 15) is 13.2 Å². The smallest absolute Gasteiger partial charge is 0.338 e. The van der Waals surface area contributed by atoms with E-state index in [0.717, 1.165) is 0 Å². The lowest BCUT2D eigenvalue weighted by Gasteiger charge is -2.25. The molecule has 126 valence electrons. The maximum Gasteiger partial charge on any atom is 0.338 e. The zero-order valence-electron chi connectivity index (χ0n) is 13.2. The van der Waals surface area contributed by atoms with E-state index in [1.807, 2.05) is 0 Å². The molecule has 7 heteroatoms. The topological polar surface area (TPSA) is 72.5 Å². The number of benzene rings is 2. The van der Waals surface area contributed by atoms with Gasteiger partial charge < -0.3 is 4.74 Å². The Kier molecular flexibility index (Phi) is 4.15. The van der Waals surface area contributed by atoms with Crippen molar-refractivity contribution in [3.63, 3.8) is 0 Å². The lowest BCUT2D eigenvalue weighted by molar-refractivity contribution is 0.0526. The maximum atomic E-state index is 12.5. The van der Waals surface area contributed by atoms with Crippen molar-refractivity contribution in [3.05, 3.63) is 64.2 Å². The van der Waals surface area contributed by atoms with Crippen molar-refractivity contribution in [2.45, 2.75) is 24.3 Å². The molecule has 0 spiro atoms. The summed E-state index contributed by atoms with van der Waals surface area (Å²) in [7, 11) is -3.67. The van der Waals surface area contributed by atoms with Crippen molar-refractivity contribution in [1.29, 1.82) is 0 Å². The third-order valence-electron chi connectivity index (χ3n) is 4.06. The summed E-state index contributed by atoms with van der Waals surface area (Å²) < 4.78 is 32.6. The molecule has 0 bridgehead atoms. The Balaban J connectivity index is 2.20. The molecule has 0 saturated heterocycles. The van der Waals surface area contributed by atoms with Gasteiger partial charge in [0, 0.05) is 5.02 Å². The summed E-state index contributed by atoms with van der Waals surface area (Å²) in [5.41, 5.74) is 0.484. The Bertz CT molecular complexity index is 926.